The molecule has 0 fully saturated rings. The van der Waals surface area contributed by atoms with Crippen molar-refractivity contribution in [2.75, 3.05) is 0 Å². The number of phenols is 1. The summed E-state index contributed by atoms with van der Waals surface area (Å²) in [6.45, 7) is 1.86. The molecular weight excluding hydrogens is 218 g/mol. The molecule has 0 aliphatic carbocycles. The Morgan fingerprint density at radius 3 is 2.59 bits per heavy atom. The van der Waals surface area contributed by atoms with Gasteiger partial charge in [-0.3, -0.25) is 5.21 Å². The van der Waals surface area contributed by atoms with E-state index < -0.39 is 0 Å². The first-order valence-electron chi connectivity index (χ1n) is 5.39. The van der Waals surface area contributed by atoms with Crippen LogP contribution in [0.15, 0.2) is 35.9 Å². The highest BCUT2D eigenvalue weighted by atomic mass is 16.5. The summed E-state index contributed by atoms with van der Waals surface area (Å²) < 4.78 is 0.708. The lowest BCUT2D eigenvalue weighted by atomic mass is 10.0. The number of hydroxylamine groups is 1. The first kappa shape index (κ1) is 11.4. The van der Waals surface area contributed by atoms with Crippen LogP contribution in [0.4, 0.5) is 0 Å². The van der Waals surface area contributed by atoms with Gasteiger partial charge in [-0.1, -0.05) is 17.7 Å². The Hall–Kier alpha value is -2.10. The molecule has 88 valence electrons. The van der Waals surface area contributed by atoms with Crippen LogP contribution in [0.2, 0.25) is 0 Å². The fourth-order valence-corrected chi connectivity index (χ4v) is 1.82. The summed E-state index contributed by atoms with van der Waals surface area (Å²) in [5.74, 6) is -0.107. The van der Waals surface area contributed by atoms with Gasteiger partial charge in [-0.15, -0.1) is 0 Å². The summed E-state index contributed by atoms with van der Waals surface area (Å²) in [5, 5.41) is 18.8. The zero-order valence-corrected chi connectivity index (χ0v) is 9.55. The quantitative estimate of drug-likeness (QED) is 0.463. The van der Waals surface area contributed by atoms with E-state index >= 15 is 0 Å². The van der Waals surface area contributed by atoms with E-state index in [0.717, 1.165) is 11.1 Å². The topological polar surface area (TPSA) is 60.5 Å². The molecule has 0 bridgehead atoms. The van der Waals surface area contributed by atoms with Crippen molar-refractivity contribution in [3.8, 4) is 5.75 Å². The molecule has 2 rings (SSSR count). The van der Waals surface area contributed by atoms with Gasteiger partial charge >= 0.3 is 5.91 Å². The maximum atomic E-state index is 11.4. The molecule has 1 aromatic rings. The van der Waals surface area contributed by atoms with E-state index in [-0.39, 0.29) is 18.1 Å². The molecule has 4 nitrogen and oxygen atoms in total. The Kier molecular flexibility index (Phi) is 2.95. The Labute approximate surface area is 99.1 Å². The maximum Gasteiger partial charge on any atom is 0.438 e. The highest BCUT2D eigenvalue weighted by Gasteiger charge is 2.27. The van der Waals surface area contributed by atoms with Crippen LogP contribution in [0.25, 0.3) is 0 Å². The van der Waals surface area contributed by atoms with Crippen LogP contribution in [0, 0.1) is 0 Å². The van der Waals surface area contributed by atoms with Crippen molar-refractivity contribution in [1.29, 1.82) is 0 Å². The largest absolute Gasteiger partial charge is 0.508 e. The molecule has 4 heteroatoms. The van der Waals surface area contributed by atoms with Gasteiger partial charge in [0.2, 0.25) is 5.71 Å². The first-order valence-corrected chi connectivity index (χ1v) is 5.39. The molecule has 2 N–H and O–H groups in total. The van der Waals surface area contributed by atoms with E-state index in [1.54, 1.807) is 24.3 Å². The Morgan fingerprint density at radius 2 is 1.94 bits per heavy atom. The predicted octanol–water partition coefficient (Wildman–Crippen LogP) is 1.65. The van der Waals surface area contributed by atoms with Crippen molar-refractivity contribution in [3.63, 3.8) is 0 Å². The molecule has 0 radical (unpaired) electrons. The molecular formula is C13H14NO3+. The number of allylic oxidation sites excluding steroid dienone is 1. The molecule has 1 amide bonds. The molecule has 0 saturated heterocycles. The van der Waals surface area contributed by atoms with Crippen LogP contribution in [-0.2, 0) is 11.2 Å². The monoisotopic (exact) mass is 232 g/mol. The van der Waals surface area contributed by atoms with E-state index in [0.29, 0.717) is 16.9 Å². The number of phenolic OH excluding ortho intramolecular Hbond substituents is 1. The lowest BCUT2D eigenvalue weighted by molar-refractivity contribution is -0.706. The van der Waals surface area contributed by atoms with Crippen molar-refractivity contribution in [2.24, 2.45) is 0 Å². The van der Waals surface area contributed by atoms with Gasteiger partial charge < -0.3 is 5.11 Å². The molecule has 1 aliphatic heterocycles. The van der Waals surface area contributed by atoms with E-state index in [1.165, 1.54) is 0 Å². The molecule has 0 spiro atoms. The summed E-state index contributed by atoms with van der Waals surface area (Å²) >= 11 is 0. The van der Waals surface area contributed by atoms with E-state index in [4.69, 9.17) is 5.11 Å². The number of nitrogens with zero attached hydrogens (tertiary/aromatic N) is 1. The average Bonchev–Trinajstić information content (AvgIpc) is 2.28. The van der Waals surface area contributed by atoms with Crippen LogP contribution in [0.1, 0.15) is 18.9 Å². The van der Waals surface area contributed by atoms with E-state index in [1.807, 2.05) is 13.0 Å². The van der Waals surface area contributed by atoms with Crippen LogP contribution in [-0.4, -0.2) is 26.7 Å². The van der Waals surface area contributed by atoms with Crippen LogP contribution >= 0.6 is 0 Å². The number of aromatic hydroxyl groups is 1. The third kappa shape index (κ3) is 2.53. The highest BCUT2D eigenvalue weighted by molar-refractivity contribution is 5.98. The molecule has 1 aliphatic rings. The minimum Gasteiger partial charge on any atom is -0.508 e. The highest BCUT2D eigenvalue weighted by Crippen LogP contribution is 2.14. The zero-order valence-electron chi connectivity index (χ0n) is 9.55. The van der Waals surface area contributed by atoms with Gasteiger partial charge in [-0.2, -0.15) is 0 Å². The van der Waals surface area contributed by atoms with Gasteiger partial charge in [0.1, 0.15) is 12.2 Å². The lowest BCUT2D eigenvalue weighted by Gasteiger charge is -2.06. The van der Waals surface area contributed by atoms with Gasteiger partial charge in [0.05, 0.1) is 6.42 Å². The molecule has 0 saturated carbocycles. The molecule has 0 aromatic heterocycles. The second-order valence-corrected chi connectivity index (χ2v) is 4.21. The number of hydrogen-bond donors (Lipinski definition) is 2. The van der Waals surface area contributed by atoms with Gasteiger partial charge in [0.25, 0.3) is 0 Å². The smallest absolute Gasteiger partial charge is 0.438 e. The first-order chi connectivity index (χ1) is 8.06. The molecule has 1 aromatic carbocycles. The normalized spacial score (nSPS) is 16.1. The van der Waals surface area contributed by atoms with Crippen LogP contribution in [0.3, 0.4) is 0 Å². The SMILES string of the molecule is CC1=CC(Cc2ccc(O)cc2)=[N+](O)C(=O)C1. The van der Waals surface area contributed by atoms with Crippen LogP contribution < -0.4 is 0 Å². The van der Waals surface area contributed by atoms with Gasteiger partial charge in [-0.25, -0.2) is 4.79 Å². The number of amides is 1. The maximum absolute atomic E-state index is 11.4. The Morgan fingerprint density at radius 1 is 1.29 bits per heavy atom. The van der Waals surface area contributed by atoms with Crippen molar-refractivity contribution in [1.82, 2.24) is 0 Å². The van der Waals surface area contributed by atoms with E-state index in [2.05, 4.69) is 0 Å². The third-order valence-corrected chi connectivity index (χ3v) is 2.67. The molecule has 17 heavy (non-hydrogen) atoms. The number of rotatable bonds is 2. The van der Waals surface area contributed by atoms with Gasteiger partial charge in [-0.05, 0) is 24.6 Å². The number of carbonyl (C=O) groups excluding carboxylic acids is 1. The van der Waals surface area contributed by atoms with Gasteiger partial charge in [0, 0.05) is 10.8 Å². The molecule has 1 heterocycles. The summed E-state index contributed by atoms with van der Waals surface area (Å²) in [7, 11) is 0. The van der Waals surface area contributed by atoms with Crippen LogP contribution in [0.5, 0.6) is 5.75 Å². The second-order valence-electron chi connectivity index (χ2n) is 4.21. The molecule has 0 atom stereocenters. The van der Waals surface area contributed by atoms with Gasteiger partial charge in [0.15, 0.2) is 0 Å². The standard InChI is InChI=1S/C13H13NO3/c1-9-6-11(14(17)13(16)7-9)8-10-2-4-12(15)5-3-10/h2-6H,7-8H2,1H3,(H-,15,17)/p+1. The van der Waals surface area contributed by atoms with Crippen molar-refractivity contribution >= 4 is 11.6 Å². The number of hydrogen-bond acceptors (Lipinski definition) is 3. The lowest BCUT2D eigenvalue weighted by Crippen LogP contribution is -2.29. The Balaban J connectivity index is 2.26. The van der Waals surface area contributed by atoms with Crippen molar-refractivity contribution in [3.05, 3.63) is 41.5 Å². The summed E-state index contributed by atoms with van der Waals surface area (Å²) in [4.78, 5) is 11.4. The number of benzene rings is 1. The predicted molar refractivity (Wildman–Crippen MR) is 62.2 cm³/mol. The number of carbonyl (C=O) groups is 1. The summed E-state index contributed by atoms with van der Waals surface area (Å²) in [6, 6.07) is 6.69. The Bertz CT molecular complexity index is 512. The minimum absolute atomic E-state index is 0.200. The second kappa shape index (κ2) is 4.41. The average molecular weight is 232 g/mol. The third-order valence-electron chi connectivity index (χ3n) is 2.67. The van der Waals surface area contributed by atoms with Crippen molar-refractivity contribution in [2.45, 2.75) is 19.8 Å². The van der Waals surface area contributed by atoms with E-state index in [9.17, 15) is 10.0 Å². The zero-order chi connectivity index (χ0) is 12.4. The fourth-order valence-electron chi connectivity index (χ4n) is 1.82. The minimum atomic E-state index is -0.307. The molecule has 0 unspecified atom stereocenters. The summed E-state index contributed by atoms with van der Waals surface area (Å²) in [6.07, 6.45) is 2.53. The van der Waals surface area contributed by atoms with Crippen molar-refractivity contribution < 1.29 is 19.8 Å². The summed E-state index contributed by atoms with van der Waals surface area (Å²) in [5.41, 5.74) is 2.43. The fraction of sp³-hybridized carbons (Fsp3) is 0.231.